The van der Waals surface area contributed by atoms with Crippen molar-refractivity contribution >= 4 is 17.5 Å². The molecule has 1 heterocycles. The van der Waals surface area contributed by atoms with E-state index in [0.717, 1.165) is 12.3 Å². The van der Waals surface area contributed by atoms with E-state index in [9.17, 15) is 0 Å². The number of hydrogen-bond acceptors (Lipinski definition) is 5. The summed E-state index contributed by atoms with van der Waals surface area (Å²) in [7, 11) is 1.75. The van der Waals surface area contributed by atoms with Crippen LogP contribution in [0.15, 0.2) is 0 Å². The first-order valence-electron chi connectivity index (χ1n) is 7.13. The number of ether oxygens (including phenoxy) is 1. The van der Waals surface area contributed by atoms with Crippen molar-refractivity contribution in [1.29, 1.82) is 0 Å². The second kappa shape index (κ2) is 4.45. The van der Waals surface area contributed by atoms with Crippen molar-refractivity contribution in [3.8, 4) is 6.01 Å². The fraction of sp³-hybridized carbons (Fsp3) is 0.786. The van der Waals surface area contributed by atoms with Gasteiger partial charge >= 0.3 is 6.01 Å². The van der Waals surface area contributed by atoms with Crippen molar-refractivity contribution in [2.45, 2.75) is 46.1 Å². The zero-order valence-electron chi connectivity index (χ0n) is 12.4. The molecule has 2 fully saturated rings. The molecule has 110 valence electrons. The zero-order chi connectivity index (χ0) is 14.5. The molecule has 5 nitrogen and oxygen atoms in total. The summed E-state index contributed by atoms with van der Waals surface area (Å²) in [5.41, 5.74) is 0.483. The monoisotopic (exact) mass is 296 g/mol. The van der Waals surface area contributed by atoms with Crippen LogP contribution in [0.5, 0.6) is 6.01 Å². The number of aromatic nitrogens is 3. The van der Waals surface area contributed by atoms with Gasteiger partial charge in [0, 0.05) is 12.5 Å². The first-order chi connectivity index (χ1) is 9.36. The molecule has 0 aromatic carbocycles. The normalized spacial score (nSPS) is 34.2. The summed E-state index contributed by atoms with van der Waals surface area (Å²) in [6.07, 6.45) is 3.72. The van der Waals surface area contributed by atoms with Gasteiger partial charge < -0.3 is 10.1 Å². The van der Waals surface area contributed by atoms with Gasteiger partial charge in [-0.05, 0) is 42.2 Å². The highest BCUT2D eigenvalue weighted by molar-refractivity contribution is 6.28. The molecular formula is C14H21ClN4O. The van der Waals surface area contributed by atoms with Crippen LogP contribution < -0.4 is 10.1 Å². The van der Waals surface area contributed by atoms with Gasteiger partial charge in [-0.15, -0.1) is 0 Å². The third-order valence-electron chi connectivity index (χ3n) is 5.77. The Labute approximate surface area is 124 Å². The maximum absolute atomic E-state index is 6.08. The summed E-state index contributed by atoms with van der Waals surface area (Å²) in [5, 5.41) is 3.03. The van der Waals surface area contributed by atoms with Crippen LogP contribution in [0.1, 0.15) is 40.0 Å². The van der Waals surface area contributed by atoms with E-state index in [-0.39, 0.29) is 16.8 Å². The molecule has 2 aliphatic carbocycles. The lowest BCUT2D eigenvalue weighted by molar-refractivity contribution is 0.0241. The maximum atomic E-state index is 6.08. The molecule has 2 saturated carbocycles. The topological polar surface area (TPSA) is 59.9 Å². The van der Waals surface area contributed by atoms with E-state index in [1.807, 2.05) is 0 Å². The average molecular weight is 297 g/mol. The number of nitrogens with zero attached hydrogens (tertiary/aromatic N) is 3. The Hall–Kier alpha value is -1.10. The molecule has 1 aromatic rings. The molecule has 3 unspecified atom stereocenters. The second-order valence-corrected chi connectivity index (χ2v) is 7.02. The van der Waals surface area contributed by atoms with Crippen molar-refractivity contribution in [2.75, 3.05) is 12.4 Å². The molecule has 0 amide bonds. The van der Waals surface area contributed by atoms with Gasteiger partial charge in [-0.3, -0.25) is 0 Å². The Morgan fingerprint density at radius 3 is 2.55 bits per heavy atom. The van der Waals surface area contributed by atoms with Crippen LogP contribution in [0.2, 0.25) is 5.28 Å². The van der Waals surface area contributed by atoms with Crippen molar-refractivity contribution in [3.05, 3.63) is 5.28 Å². The van der Waals surface area contributed by atoms with Gasteiger partial charge in [0.2, 0.25) is 11.2 Å². The quantitative estimate of drug-likeness (QED) is 0.928. The molecule has 3 rings (SSSR count). The van der Waals surface area contributed by atoms with Gasteiger partial charge in [-0.2, -0.15) is 15.0 Å². The van der Waals surface area contributed by atoms with E-state index in [0.29, 0.717) is 17.4 Å². The predicted octanol–water partition coefficient (Wildman–Crippen LogP) is 3.16. The molecule has 0 saturated heterocycles. The van der Waals surface area contributed by atoms with Crippen molar-refractivity contribution < 1.29 is 4.74 Å². The van der Waals surface area contributed by atoms with Crippen LogP contribution in [-0.4, -0.2) is 28.1 Å². The lowest BCUT2D eigenvalue weighted by atomic mass is 9.70. The molecule has 1 aromatic heterocycles. The summed E-state index contributed by atoms with van der Waals surface area (Å²) in [6, 6.07) is 0.323. The van der Waals surface area contributed by atoms with Gasteiger partial charge in [0.1, 0.15) is 6.10 Å². The summed E-state index contributed by atoms with van der Waals surface area (Å²) in [6.45, 7) is 7.04. The first-order valence-corrected chi connectivity index (χ1v) is 7.50. The minimum atomic E-state index is 0.152. The molecule has 2 aliphatic rings. The van der Waals surface area contributed by atoms with Gasteiger partial charge in [0.05, 0.1) is 0 Å². The molecule has 1 N–H and O–H groups in total. The summed E-state index contributed by atoms with van der Waals surface area (Å²) < 4.78 is 6.08. The van der Waals surface area contributed by atoms with Crippen molar-refractivity contribution in [2.24, 2.45) is 16.7 Å². The van der Waals surface area contributed by atoms with E-state index in [1.165, 1.54) is 12.8 Å². The first kappa shape index (κ1) is 13.9. The SMILES string of the molecule is CNc1nc(Cl)nc(OC2CC3CCC2(C)C3(C)C)n1. The molecule has 6 heteroatoms. The average Bonchev–Trinajstić information content (AvgIpc) is 2.71. The molecule has 3 atom stereocenters. The summed E-state index contributed by atoms with van der Waals surface area (Å²) >= 11 is 5.90. The number of hydrogen-bond donors (Lipinski definition) is 1. The van der Waals surface area contributed by atoms with E-state index in [1.54, 1.807) is 7.05 Å². The molecule has 0 spiro atoms. The van der Waals surface area contributed by atoms with Gasteiger partial charge in [0.25, 0.3) is 0 Å². The fourth-order valence-electron chi connectivity index (χ4n) is 3.93. The van der Waals surface area contributed by atoms with Crippen LogP contribution in [0.3, 0.4) is 0 Å². The van der Waals surface area contributed by atoms with E-state index in [2.05, 4.69) is 41.0 Å². The Bertz CT molecular complexity index is 536. The lowest BCUT2D eigenvalue weighted by Gasteiger charge is -2.38. The molecule has 0 radical (unpaired) electrons. The van der Waals surface area contributed by atoms with Crippen LogP contribution in [0.25, 0.3) is 0 Å². The molecule has 20 heavy (non-hydrogen) atoms. The third-order valence-corrected chi connectivity index (χ3v) is 5.94. The minimum absolute atomic E-state index is 0.152. The van der Waals surface area contributed by atoms with Gasteiger partial charge in [0.15, 0.2) is 0 Å². The summed E-state index contributed by atoms with van der Waals surface area (Å²) in [5.74, 6) is 1.16. The highest BCUT2D eigenvalue weighted by atomic mass is 35.5. The minimum Gasteiger partial charge on any atom is -0.459 e. The zero-order valence-corrected chi connectivity index (χ0v) is 13.2. The lowest BCUT2D eigenvalue weighted by Crippen LogP contribution is -2.39. The van der Waals surface area contributed by atoms with E-state index < -0.39 is 0 Å². The maximum Gasteiger partial charge on any atom is 0.322 e. The predicted molar refractivity (Wildman–Crippen MR) is 78.0 cm³/mol. The van der Waals surface area contributed by atoms with Crippen LogP contribution in [0, 0.1) is 16.7 Å². The Morgan fingerprint density at radius 1 is 1.25 bits per heavy atom. The molecular weight excluding hydrogens is 276 g/mol. The van der Waals surface area contributed by atoms with Crippen LogP contribution in [0.4, 0.5) is 5.95 Å². The number of anilines is 1. The largest absolute Gasteiger partial charge is 0.459 e. The highest BCUT2D eigenvalue weighted by Crippen LogP contribution is 2.66. The standard InChI is InChI=1S/C14H21ClN4O/c1-13(2)8-5-6-14(13,3)9(7-8)20-12-18-10(15)17-11(16-4)19-12/h8-9H,5-7H2,1-4H3,(H,16,17,18,19). The third kappa shape index (κ3) is 1.86. The second-order valence-electron chi connectivity index (χ2n) is 6.68. The van der Waals surface area contributed by atoms with E-state index in [4.69, 9.17) is 16.3 Å². The van der Waals surface area contributed by atoms with Gasteiger partial charge in [-0.1, -0.05) is 20.8 Å². The van der Waals surface area contributed by atoms with Crippen molar-refractivity contribution in [1.82, 2.24) is 15.0 Å². The molecule has 0 aliphatic heterocycles. The smallest absolute Gasteiger partial charge is 0.322 e. The Balaban J connectivity index is 1.85. The van der Waals surface area contributed by atoms with Crippen LogP contribution >= 0.6 is 11.6 Å². The number of halogens is 1. The Morgan fingerprint density at radius 2 is 2.00 bits per heavy atom. The van der Waals surface area contributed by atoms with E-state index >= 15 is 0 Å². The Kier molecular flexibility index (Phi) is 3.08. The highest BCUT2D eigenvalue weighted by Gasteiger charge is 2.62. The summed E-state index contributed by atoms with van der Waals surface area (Å²) in [4.78, 5) is 12.3. The number of fused-ring (bicyclic) bond motifs is 2. The van der Waals surface area contributed by atoms with Crippen LogP contribution in [-0.2, 0) is 0 Å². The van der Waals surface area contributed by atoms with Gasteiger partial charge in [-0.25, -0.2) is 0 Å². The fourth-order valence-corrected chi connectivity index (χ4v) is 4.08. The molecule has 2 bridgehead atoms. The van der Waals surface area contributed by atoms with Crippen molar-refractivity contribution in [3.63, 3.8) is 0 Å². The number of nitrogens with one attached hydrogen (secondary N) is 1. The number of rotatable bonds is 3.